The van der Waals surface area contributed by atoms with Crippen LogP contribution < -0.4 is 5.56 Å². The van der Waals surface area contributed by atoms with E-state index >= 15 is 0 Å². The van der Waals surface area contributed by atoms with Gasteiger partial charge in [0.25, 0.3) is 5.56 Å². The number of aromatic hydroxyl groups is 1. The average molecular weight is 434 g/mol. The number of ketones is 1. The molecule has 0 spiro atoms. The molecule has 32 heavy (non-hydrogen) atoms. The van der Waals surface area contributed by atoms with Crippen molar-refractivity contribution in [1.29, 1.82) is 0 Å². The molecule has 0 fully saturated rings. The van der Waals surface area contributed by atoms with Crippen LogP contribution in [-0.2, 0) is 34.6 Å². The molecule has 0 saturated heterocycles. The highest BCUT2D eigenvalue weighted by Crippen LogP contribution is 2.41. The first-order valence-electron chi connectivity index (χ1n) is 11.0. The number of rotatable bonds is 4. The van der Waals surface area contributed by atoms with E-state index in [9.17, 15) is 14.7 Å². The molecular weight excluding hydrogens is 406 g/mol. The summed E-state index contributed by atoms with van der Waals surface area (Å²) in [4.78, 5) is 33.2. The largest absolute Gasteiger partial charge is 0.508 e. The lowest BCUT2D eigenvalue weighted by Gasteiger charge is -2.35. The lowest BCUT2D eigenvalue weighted by molar-refractivity contribution is -0.144. The number of hydrogen-bond donors (Lipinski definition) is 1. The van der Waals surface area contributed by atoms with Gasteiger partial charge in [-0.1, -0.05) is 6.92 Å². The van der Waals surface area contributed by atoms with E-state index in [0.29, 0.717) is 43.5 Å². The summed E-state index contributed by atoms with van der Waals surface area (Å²) < 4.78 is 7.51. The summed E-state index contributed by atoms with van der Waals surface area (Å²) in [5.41, 5.74) is 4.19. The van der Waals surface area contributed by atoms with E-state index in [1.165, 1.54) is 0 Å². The zero-order chi connectivity index (χ0) is 22.8. The predicted molar refractivity (Wildman–Crippen MR) is 122 cm³/mol. The Balaban J connectivity index is 1.75. The molecule has 3 heterocycles. The molecule has 7 nitrogen and oxygen atoms in total. The maximum absolute atomic E-state index is 13.5. The van der Waals surface area contributed by atoms with E-state index in [4.69, 9.17) is 9.72 Å². The fourth-order valence-electron chi connectivity index (χ4n) is 5.32. The number of carbonyl (C=O) groups is 1. The molecule has 166 valence electrons. The summed E-state index contributed by atoms with van der Waals surface area (Å²) in [7, 11) is 5.45. The van der Waals surface area contributed by atoms with E-state index in [1.54, 1.807) is 23.8 Å². The van der Waals surface area contributed by atoms with Crippen molar-refractivity contribution < 1.29 is 14.6 Å². The van der Waals surface area contributed by atoms with Gasteiger partial charge in [0.05, 0.1) is 23.4 Å². The Hall–Kier alpha value is -3.03. The molecule has 7 heteroatoms. The number of Topliss-reactive ketones (excluding diaryl/α,β-unsaturated/α-hetero) is 1. The van der Waals surface area contributed by atoms with Crippen LogP contribution >= 0.6 is 0 Å². The zero-order valence-corrected chi connectivity index (χ0v) is 18.9. The third-order valence-corrected chi connectivity index (χ3v) is 6.94. The van der Waals surface area contributed by atoms with Crippen LogP contribution in [0.1, 0.15) is 42.0 Å². The van der Waals surface area contributed by atoms with E-state index in [0.717, 1.165) is 33.4 Å². The van der Waals surface area contributed by atoms with E-state index < -0.39 is 5.60 Å². The number of pyridine rings is 2. The maximum Gasteiger partial charge on any atom is 0.254 e. The summed E-state index contributed by atoms with van der Waals surface area (Å²) in [6, 6.07) is 7.45. The minimum Gasteiger partial charge on any atom is -0.508 e. The number of carbonyl (C=O) groups excluding carboxylic acids is 1. The monoisotopic (exact) mass is 433 g/mol. The highest BCUT2D eigenvalue weighted by molar-refractivity contribution is 5.92. The van der Waals surface area contributed by atoms with Gasteiger partial charge in [-0.05, 0) is 51.2 Å². The number of nitrogens with zero attached hydrogens (tertiary/aromatic N) is 3. The number of fused-ring (bicyclic) bond motifs is 5. The summed E-state index contributed by atoms with van der Waals surface area (Å²) in [5, 5.41) is 11.3. The molecule has 1 aromatic carbocycles. The quantitative estimate of drug-likeness (QED) is 0.533. The Morgan fingerprint density at radius 3 is 2.69 bits per heavy atom. The van der Waals surface area contributed by atoms with Gasteiger partial charge in [0.15, 0.2) is 11.4 Å². The minimum atomic E-state index is -1.08. The number of benzene rings is 1. The molecule has 2 aromatic heterocycles. The molecule has 2 aliphatic rings. The van der Waals surface area contributed by atoms with Crippen molar-refractivity contribution >= 4 is 16.7 Å². The number of ether oxygens (including phenoxy) is 1. The standard InChI is InChI=1S/C25H27N3O4/c1-5-25(32-4)18-11-20-23-14(12-28(20)24(31)15(18)6-9-22(25)30)10-16-17(13-27(2)3)21(29)8-7-19(16)26-23/h7-8,10-11,29H,5-6,9,12-13H2,1-4H3/t25-/m0/s1. The summed E-state index contributed by atoms with van der Waals surface area (Å²) in [5.74, 6) is 0.260. The van der Waals surface area contributed by atoms with Crippen LogP contribution in [0.5, 0.6) is 5.75 Å². The second-order valence-corrected chi connectivity index (χ2v) is 8.98. The van der Waals surface area contributed by atoms with Gasteiger partial charge in [0.1, 0.15) is 5.75 Å². The molecule has 1 aliphatic heterocycles. The Kier molecular flexibility index (Phi) is 4.72. The molecule has 0 radical (unpaired) electrons. The maximum atomic E-state index is 13.5. The summed E-state index contributed by atoms with van der Waals surface area (Å²) >= 11 is 0. The van der Waals surface area contributed by atoms with Crippen LogP contribution in [0.2, 0.25) is 0 Å². The molecule has 1 N–H and O–H groups in total. The molecule has 3 aromatic rings. The average Bonchev–Trinajstić information content (AvgIpc) is 3.13. The Morgan fingerprint density at radius 1 is 1.22 bits per heavy atom. The van der Waals surface area contributed by atoms with Crippen LogP contribution in [0, 0.1) is 0 Å². The molecule has 5 rings (SSSR count). The highest BCUT2D eigenvalue weighted by atomic mass is 16.5. The second kappa shape index (κ2) is 7.25. The first-order chi connectivity index (χ1) is 15.3. The first kappa shape index (κ1) is 20.8. The van der Waals surface area contributed by atoms with E-state index in [1.807, 2.05) is 38.1 Å². The fourth-order valence-corrected chi connectivity index (χ4v) is 5.32. The van der Waals surface area contributed by atoms with Gasteiger partial charge in [-0.3, -0.25) is 9.59 Å². The minimum absolute atomic E-state index is 0.0212. The number of phenols is 1. The number of phenolic OH excluding ortho intramolecular Hbond substituents is 1. The van der Waals surface area contributed by atoms with E-state index in [-0.39, 0.29) is 17.1 Å². The number of hydrogen-bond acceptors (Lipinski definition) is 6. The van der Waals surface area contributed by atoms with Crippen LogP contribution in [0.4, 0.5) is 0 Å². The summed E-state index contributed by atoms with van der Waals surface area (Å²) in [6.45, 7) is 2.93. The van der Waals surface area contributed by atoms with Crippen molar-refractivity contribution in [3.63, 3.8) is 0 Å². The molecule has 0 unspecified atom stereocenters. The van der Waals surface area contributed by atoms with Crippen molar-refractivity contribution in [2.45, 2.75) is 44.9 Å². The third kappa shape index (κ3) is 2.77. The lowest BCUT2D eigenvalue weighted by atomic mass is 9.76. The van der Waals surface area contributed by atoms with Crippen molar-refractivity contribution in [1.82, 2.24) is 14.5 Å². The molecule has 0 saturated carbocycles. The SMILES string of the molecule is CC[C@@]1(OC)C(=O)CCc2c1cc1n(c2=O)Cc2cc3c(CN(C)C)c(O)ccc3nc2-1. The Bertz CT molecular complexity index is 1340. The van der Waals surface area contributed by atoms with E-state index in [2.05, 4.69) is 0 Å². The van der Waals surface area contributed by atoms with Crippen LogP contribution in [0.25, 0.3) is 22.3 Å². The van der Waals surface area contributed by atoms with Crippen molar-refractivity contribution in [2.24, 2.45) is 0 Å². The lowest BCUT2D eigenvalue weighted by Crippen LogP contribution is -2.44. The van der Waals surface area contributed by atoms with Gasteiger partial charge in [0.2, 0.25) is 0 Å². The normalized spacial score (nSPS) is 19.3. The summed E-state index contributed by atoms with van der Waals surface area (Å²) in [6.07, 6.45) is 1.22. The van der Waals surface area contributed by atoms with Gasteiger partial charge in [0, 0.05) is 47.7 Å². The van der Waals surface area contributed by atoms with Crippen molar-refractivity contribution in [3.8, 4) is 17.1 Å². The molecule has 1 aliphatic carbocycles. The number of methoxy groups -OCH3 is 1. The van der Waals surface area contributed by atoms with Gasteiger partial charge >= 0.3 is 0 Å². The molecular formula is C25H27N3O4. The van der Waals surface area contributed by atoms with Crippen LogP contribution in [0.3, 0.4) is 0 Å². The molecule has 1 atom stereocenters. The number of aromatic nitrogens is 2. The van der Waals surface area contributed by atoms with Gasteiger partial charge in [-0.2, -0.15) is 0 Å². The Labute approximate surface area is 186 Å². The Morgan fingerprint density at radius 2 is 2.00 bits per heavy atom. The zero-order valence-electron chi connectivity index (χ0n) is 18.9. The molecule has 0 amide bonds. The highest BCUT2D eigenvalue weighted by Gasteiger charge is 2.45. The van der Waals surface area contributed by atoms with Gasteiger partial charge in [-0.15, -0.1) is 0 Å². The topological polar surface area (TPSA) is 84.7 Å². The predicted octanol–water partition coefficient (Wildman–Crippen LogP) is 2.96. The second-order valence-electron chi connectivity index (χ2n) is 8.98. The molecule has 0 bridgehead atoms. The van der Waals surface area contributed by atoms with Gasteiger partial charge < -0.3 is 19.3 Å². The van der Waals surface area contributed by atoms with Crippen molar-refractivity contribution in [2.75, 3.05) is 21.2 Å². The van der Waals surface area contributed by atoms with Crippen molar-refractivity contribution in [3.05, 3.63) is 56.9 Å². The fraction of sp³-hybridized carbons (Fsp3) is 0.400. The van der Waals surface area contributed by atoms with Crippen LogP contribution in [-0.4, -0.2) is 46.5 Å². The third-order valence-electron chi connectivity index (χ3n) is 6.94. The smallest absolute Gasteiger partial charge is 0.254 e. The first-order valence-corrected chi connectivity index (χ1v) is 11.0. The van der Waals surface area contributed by atoms with Gasteiger partial charge in [-0.25, -0.2) is 4.98 Å². The van der Waals surface area contributed by atoms with Crippen LogP contribution in [0.15, 0.2) is 29.1 Å².